The third kappa shape index (κ3) is 3.52. The molecule has 4 rings (SSSR count). The van der Waals surface area contributed by atoms with E-state index in [-0.39, 0.29) is 52.9 Å². The predicted octanol–water partition coefficient (Wildman–Crippen LogP) is 3.84. The second-order valence-corrected chi connectivity index (χ2v) is 6.37. The molecule has 0 spiro atoms. The lowest BCUT2D eigenvalue weighted by Crippen LogP contribution is -2.24. The summed E-state index contributed by atoms with van der Waals surface area (Å²) in [6.45, 7) is -0.0132. The molecule has 29 heavy (non-hydrogen) atoms. The summed E-state index contributed by atoms with van der Waals surface area (Å²) in [7, 11) is 0. The number of hydrogen-bond donors (Lipinski definition) is 0. The van der Waals surface area contributed by atoms with Gasteiger partial charge in [-0.25, -0.2) is 9.18 Å². The monoisotopic (exact) mass is 390 g/mol. The van der Waals surface area contributed by atoms with Crippen LogP contribution in [-0.2, 0) is 4.74 Å². The number of esters is 1. The Morgan fingerprint density at radius 1 is 0.759 bits per heavy atom. The Balaban J connectivity index is 1.49. The van der Waals surface area contributed by atoms with Crippen molar-refractivity contribution < 1.29 is 28.2 Å². The number of carbonyl (C=O) groups is 3. The summed E-state index contributed by atoms with van der Waals surface area (Å²) in [4.78, 5) is 38.2. The van der Waals surface area contributed by atoms with Crippen molar-refractivity contribution in [1.29, 1.82) is 0 Å². The van der Waals surface area contributed by atoms with Gasteiger partial charge in [-0.3, -0.25) is 9.59 Å². The molecule has 3 aromatic carbocycles. The molecular weight excluding hydrogens is 375 g/mol. The van der Waals surface area contributed by atoms with Crippen LogP contribution in [0, 0.1) is 5.82 Å². The first-order valence-electron chi connectivity index (χ1n) is 8.93. The molecule has 0 N–H and O–H groups in total. The highest BCUT2D eigenvalue weighted by molar-refractivity contribution is 6.30. The van der Waals surface area contributed by atoms with Crippen LogP contribution in [0.2, 0.25) is 0 Å². The van der Waals surface area contributed by atoms with Gasteiger partial charge in [0, 0.05) is 22.3 Å². The summed E-state index contributed by atoms with van der Waals surface area (Å²) in [5.74, 6) is -1.34. The standard InChI is InChI=1S/C23H15FO5/c24-14-8-10-15(11-9-14)28-12-13-29-23(27)19-7-3-6-18-20(19)22(26)17-5-2-1-4-16(17)21(18)25/h1-11H,12-13H2. The molecule has 6 heteroatoms. The Labute approximate surface area is 165 Å². The average molecular weight is 390 g/mol. The Bertz CT molecular complexity index is 1120. The smallest absolute Gasteiger partial charge is 0.339 e. The van der Waals surface area contributed by atoms with E-state index in [1.54, 1.807) is 30.3 Å². The molecule has 0 amide bonds. The van der Waals surface area contributed by atoms with E-state index in [1.165, 1.54) is 36.4 Å². The summed E-state index contributed by atoms with van der Waals surface area (Å²) in [5.41, 5.74) is 0.872. The number of ether oxygens (including phenoxy) is 2. The first-order valence-corrected chi connectivity index (χ1v) is 8.93. The molecule has 0 unspecified atom stereocenters. The zero-order valence-corrected chi connectivity index (χ0v) is 15.2. The van der Waals surface area contributed by atoms with Gasteiger partial charge in [0.25, 0.3) is 0 Å². The maximum atomic E-state index is 12.9. The molecule has 0 heterocycles. The van der Waals surface area contributed by atoms with Gasteiger partial charge < -0.3 is 9.47 Å². The van der Waals surface area contributed by atoms with Gasteiger partial charge >= 0.3 is 5.97 Å². The molecule has 0 bridgehead atoms. The Kier molecular flexibility index (Phi) is 4.91. The molecule has 0 saturated heterocycles. The van der Waals surface area contributed by atoms with Gasteiger partial charge in [0.05, 0.1) is 5.56 Å². The van der Waals surface area contributed by atoms with E-state index < -0.39 is 5.97 Å². The number of halogens is 1. The maximum absolute atomic E-state index is 12.9. The average Bonchev–Trinajstić information content (AvgIpc) is 2.75. The SMILES string of the molecule is O=C(OCCOc1ccc(F)cc1)c1cccc2c1C(=O)c1ccccc1C2=O. The number of benzene rings is 3. The zero-order chi connectivity index (χ0) is 20.4. The summed E-state index contributed by atoms with van der Waals surface area (Å²) in [6.07, 6.45) is 0. The van der Waals surface area contributed by atoms with Crippen molar-refractivity contribution in [3.8, 4) is 5.75 Å². The van der Waals surface area contributed by atoms with Crippen LogP contribution in [0.25, 0.3) is 0 Å². The van der Waals surface area contributed by atoms with E-state index >= 15 is 0 Å². The van der Waals surface area contributed by atoms with Crippen LogP contribution in [0.3, 0.4) is 0 Å². The van der Waals surface area contributed by atoms with Gasteiger partial charge in [-0.2, -0.15) is 0 Å². The lowest BCUT2D eigenvalue weighted by molar-refractivity contribution is 0.0448. The topological polar surface area (TPSA) is 69.7 Å². The molecule has 0 fully saturated rings. The number of hydrogen-bond acceptors (Lipinski definition) is 5. The first kappa shape index (κ1) is 18.6. The number of carbonyl (C=O) groups excluding carboxylic acids is 3. The van der Waals surface area contributed by atoms with Crippen molar-refractivity contribution in [2.75, 3.05) is 13.2 Å². The van der Waals surface area contributed by atoms with Crippen LogP contribution in [0.1, 0.15) is 42.2 Å². The molecule has 0 radical (unpaired) electrons. The van der Waals surface area contributed by atoms with E-state index in [1.807, 2.05) is 0 Å². The Morgan fingerprint density at radius 2 is 1.41 bits per heavy atom. The lowest BCUT2D eigenvalue weighted by atomic mass is 9.82. The molecule has 0 aliphatic heterocycles. The van der Waals surface area contributed by atoms with Crippen molar-refractivity contribution in [3.63, 3.8) is 0 Å². The van der Waals surface area contributed by atoms with Gasteiger partial charge in [-0.15, -0.1) is 0 Å². The fourth-order valence-electron chi connectivity index (χ4n) is 3.22. The van der Waals surface area contributed by atoms with Crippen LogP contribution in [0.15, 0.2) is 66.7 Å². The quantitative estimate of drug-likeness (QED) is 0.383. The van der Waals surface area contributed by atoms with Gasteiger partial charge in [-0.05, 0) is 30.3 Å². The summed E-state index contributed by atoms with van der Waals surface area (Å²) in [6, 6.07) is 16.5. The van der Waals surface area contributed by atoms with Crippen molar-refractivity contribution in [2.45, 2.75) is 0 Å². The van der Waals surface area contributed by atoms with Crippen LogP contribution >= 0.6 is 0 Å². The van der Waals surface area contributed by atoms with E-state index in [0.717, 1.165) is 0 Å². The predicted molar refractivity (Wildman–Crippen MR) is 102 cm³/mol. The molecule has 0 atom stereocenters. The van der Waals surface area contributed by atoms with Crippen LogP contribution in [0.5, 0.6) is 5.75 Å². The Morgan fingerprint density at radius 3 is 2.14 bits per heavy atom. The van der Waals surface area contributed by atoms with Crippen molar-refractivity contribution >= 4 is 17.5 Å². The normalized spacial score (nSPS) is 12.2. The largest absolute Gasteiger partial charge is 0.490 e. The Hall–Kier alpha value is -3.80. The van der Waals surface area contributed by atoms with Crippen LogP contribution in [0.4, 0.5) is 4.39 Å². The number of rotatable bonds is 5. The molecule has 0 saturated carbocycles. The molecule has 0 aromatic heterocycles. The maximum Gasteiger partial charge on any atom is 0.339 e. The minimum absolute atomic E-state index is 0.0390. The van der Waals surface area contributed by atoms with E-state index in [9.17, 15) is 18.8 Å². The molecular formula is C23H15FO5. The summed E-state index contributed by atoms with van der Waals surface area (Å²) < 4.78 is 23.5. The molecule has 144 valence electrons. The lowest BCUT2D eigenvalue weighted by Gasteiger charge is -2.19. The van der Waals surface area contributed by atoms with Crippen molar-refractivity contribution in [3.05, 3.63) is 100 Å². The third-order valence-corrected chi connectivity index (χ3v) is 4.57. The van der Waals surface area contributed by atoms with Crippen molar-refractivity contribution in [2.24, 2.45) is 0 Å². The van der Waals surface area contributed by atoms with Crippen molar-refractivity contribution in [1.82, 2.24) is 0 Å². The highest BCUT2D eigenvalue weighted by Gasteiger charge is 2.33. The first-order chi connectivity index (χ1) is 14.1. The van der Waals surface area contributed by atoms with Gasteiger partial charge in [0.2, 0.25) is 0 Å². The summed E-state index contributed by atoms with van der Waals surface area (Å²) in [5, 5.41) is 0. The minimum Gasteiger partial charge on any atom is -0.490 e. The minimum atomic E-state index is -0.718. The molecule has 1 aliphatic carbocycles. The second-order valence-electron chi connectivity index (χ2n) is 6.37. The van der Waals surface area contributed by atoms with Crippen LogP contribution < -0.4 is 4.74 Å². The second kappa shape index (κ2) is 7.67. The third-order valence-electron chi connectivity index (χ3n) is 4.57. The highest BCUT2D eigenvalue weighted by Crippen LogP contribution is 2.29. The van der Waals surface area contributed by atoms with E-state index in [4.69, 9.17) is 9.47 Å². The van der Waals surface area contributed by atoms with Gasteiger partial charge in [0.1, 0.15) is 24.8 Å². The number of ketones is 2. The van der Waals surface area contributed by atoms with Crippen LogP contribution in [-0.4, -0.2) is 30.7 Å². The van der Waals surface area contributed by atoms with Gasteiger partial charge in [0.15, 0.2) is 11.6 Å². The van der Waals surface area contributed by atoms with Gasteiger partial charge in [-0.1, -0.05) is 36.4 Å². The van der Waals surface area contributed by atoms with E-state index in [2.05, 4.69) is 0 Å². The zero-order valence-electron chi connectivity index (χ0n) is 15.2. The van der Waals surface area contributed by atoms with E-state index in [0.29, 0.717) is 11.3 Å². The fourth-order valence-corrected chi connectivity index (χ4v) is 3.22. The highest BCUT2D eigenvalue weighted by atomic mass is 19.1. The number of fused-ring (bicyclic) bond motifs is 2. The molecule has 3 aromatic rings. The fraction of sp³-hybridized carbons (Fsp3) is 0.0870. The summed E-state index contributed by atoms with van der Waals surface area (Å²) >= 11 is 0. The molecule has 1 aliphatic rings. The molecule has 5 nitrogen and oxygen atoms in total.